The summed E-state index contributed by atoms with van der Waals surface area (Å²) < 4.78 is 46.7. The van der Waals surface area contributed by atoms with Gasteiger partial charge in [0.15, 0.2) is 25.2 Å². The summed E-state index contributed by atoms with van der Waals surface area (Å²) in [6.07, 6.45) is 0.199. The molecule has 4 saturated heterocycles. The Balaban J connectivity index is 1.38. The van der Waals surface area contributed by atoms with E-state index in [0.29, 0.717) is 12.8 Å². The van der Waals surface area contributed by atoms with Crippen LogP contribution in [0.15, 0.2) is 0 Å². The van der Waals surface area contributed by atoms with Crippen molar-refractivity contribution in [2.45, 2.75) is 393 Å². The van der Waals surface area contributed by atoms with Gasteiger partial charge in [-0.1, -0.05) is 219 Å². The molecule has 4 fully saturated rings. The molecule has 2 amide bonds. The van der Waals surface area contributed by atoms with Gasteiger partial charge in [-0.3, -0.25) is 9.59 Å². The normalized spacial score (nSPS) is 32.3. The van der Waals surface area contributed by atoms with E-state index in [1.807, 2.05) is 0 Å². The summed E-state index contributed by atoms with van der Waals surface area (Å²) in [5.41, 5.74) is 0. The number of nitrogens with one attached hydrogen (secondary N) is 2. The van der Waals surface area contributed by atoms with Gasteiger partial charge >= 0.3 is 0 Å². The molecular weight excluding hydrogens is 1230 g/mol. The van der Waals surface area contributed by atoms with Crippen LogP contribution in [-0.2, 0) is 47.5 Å². The van der Waals surface area contributed by atoms with Crippen LogP contribution in [0.3, 0.4) is 0 Å². The molecule has 554 valence electrons. The fourth-order valence-corrected chi connectivity index (χ4v) is 12.9. The van der Waals surface area contributed by atoms with E-state index in [2.05, 4.69) is 24.5 Å². The molecule has 26 heteroatoms. The average Bonchev–Trinajstić information content (AvgIpc) is 0.926. The Morgan fingerprint density at radius 2 is 0.840 bits per heavy atom. The Morgan fingerprint density at radius 1 is 0.436 bits per heavy atom. The van der Waals surface area contributed by atoms with Crippen molar-refractivity contribution in [1.82, 2.24) is 10.6 Å². The maximum Gasteiger partial charge on any atom is 0.249 e. The summed E-state index contributed by atoms with van der Waals surface area (Å²) in [7, 11) is 0. The number of carbonyl (C=O) groups is 2. The highest BCUT2D eigenvalue weighted by Crippen LogP contribution is 2.33. The third-order valence-electron chi connectivity index (χ3n) is 19.0. The van der Waals surface area contributed by atoms with Gasteiger partial charge in [0.05, 0.1) is 44.7 Å². The first-order valence-corrected chi connectivity index (χ1v) is 36.3. The molecule has 0 aromatic carbocycles. The highest BCUT2D eigenvalue weighted by Gasteiger charge is 2.53. The molecule has 4 aliphatic rings. The maximum atomic E-state index is 13.7. The van der Waals surface area contributed by atoms with Crippen molar-refractivity contribution in [3.63, 3.8) is 0 Å². The lowest BCUT2D eigenvalue weighted by Crippen LogP contribution is -2.66. The monoisotopic (exact) mass is 1360 g/mol. The van der Waals surface area contributed by atoms with Gasteiger partial charge in [-0.05, 0) is 19.8 Å². The lowest BCUT2D eigenvalue weighted by Gasteiger charge is -2.47. The van der Waals surface area contributed by atoms with Crippen LogP contribution in [-0.4, -0.2) is 257 Å². The molecule has 16 N–H and O–H groups in total. The largest absolute Gasteiger partial charge is 0.394 e. The molecule has 4 heterocycles. The van der Waals surface area contributed by atoms with E-state index in [1.54, 1.807) is 0 Å². The molecule has 24 unspecified atom stereocenters. The zero-order valence-electron chi connectivity index (χ0n) is 57.1. The molecule has 4 rings (SSSR count). The second-order valence-electron chi connectivity index (χ2n) is 27.1. The van der Waals surface area contributed by atoms with Gasteiger partial charge in [-0.25, -0.2) is 0 Å². The first kappa shape index (κ1) is 84.5. The van der Waals surface area contributed by atoms with Crippen LogP contribution >= 0.6 is 0 Å². The number of ether oxygens (including phenoxy) is 8. The minimum atomic E-state index is -2.09. The molecule has 24 atom stereocenters. The minimum Gasteiger partial charge on any atom is -0.394 e. The first-order chi connectivity index (χ1) is 45.2. The molecule has 94 heavy (non-hydrogen) atoms. The van der Waals surface area contributed by atoms with E-state index in [4.69, 9.17) is 37.9 Å². The molecule has 0 aliphatic carbocycles. The lowest BCUT2D eigenvalue weighted by atomic mass is 9.96. The van der Waals surface area contributed by atoms with Crippen molar-refractivity contribution >= 4 is 11.8 Å². The van der Waals surface area contributed by atoms with Crippen LogP contribution < -0.4 is 10.6 Å². The summed E-state index contributed by atoms with van der Waals surface area (Å²) in [4.78, 5) is 26.0. The lowest BCUT2D eigenvalue weighted by molar-refractivity contribution is -0.371. The minimum absolute atomic E-state index is 0.126. The fourth-order valence-electron chi connectivity index (χ4n) is 12.9. The van der Waals surface area contributed by atoms with Gasteiger partial charge in [0, 0.05) is 6.92 Å². The number of hydrogen-bond acceptors (Lipinski definition) is 24. The van der Waals surface area contributed by atoms with Crippen LogP contribution in [0.2, 0.25) is 0 Å². The van der Waals surface area contributed by atoms with E-state index in [0.717, 1.165) is 64.7 Å². The standard InChI is InChI=1S/C68H128N2O24/c1-5-7-9-11-13-15-17-19-20-21-22-23-24-26-28-30-32-34-36-38-47(75)64(86)70-45(52(76)46(74)37-35-33-31-29-27-25-18-16-14-12-10-8-6-2)40-87-68-63(58(82)53(77)48(39-71)90-68)94-67-60(84)57(81)55(79)50(92-67)41-88-65-51(69-44(4)73)56(80)54(78)49(91-65)42-89-66-61(85)59(83)62(93-66)43(3)72/h43,45-63,65-68,71-72,74-85H,5-42H2,1-4H3,(H,69,73)(H,70,86). The Morgan fingerprint density at radius 3 is 1.29 bits per heavy atom. The van der Waals surface area contributed by atoms with Crippen LogP contribution in [0.4, 0.5) is 0 Å². The molecule has 26 nitrogen and oxygen atoms in total. The number of hydrogen-bond donors (Lipinski definition) is 16. The van der Waals surface area contributed by atoms with E-state index < -0.39 is 185 Å². The second kappa shape index (κ2) is 48.0. The van der Waals surface area contributed by atoms with Gasteiger partial charge in [-0.15, -0.1) is 0 Å². The third-order valence-corrected chi connectivity index (χ3v) is 19.0. The Kier molecular flexibility index (Phi) is 43.1. The summed E-state index contributed by atoms with van der Waals surface area (Å²) in [5, 5.41) is 159. The molecular formula is C68H128N2O24. The second-order valence-corrected chi connectivity index (χ2v) is 27.1. The molecule has 4 aliphatic heterocycles. The predicted octanol–water partition coefficient (Wildman–Crippen LogP) is 3.32. The van der Waals surface area contributed by atoms with Crippen molar-refractivity contribution in [1.29, 1.82) is 0 Å². The number of unbranched alkanes of at least 4 members (excludes halogenated alkanes) is 30. The van der Waals surface area contributed by atoms with Gasteiger partial charge in [0.25, 0.3) is 0 Å². The Bertz CT molecular complexity index is 1940. The molecule has 0 saturated carbocycles. The van der Waals surface area contributed by atoms with Crippen molar-refractivity contribution in [2.24, 2.45) is 0 Å². The summed E-state index contributed by atoms with van der Waals surface area (Å²) in [6.45, 7) is 4.00. The fraction of sp³-hybridized carbons (Fsp3) is 0.971. The van der Waals surface area contributed by atoms with Crippen molar-refractivity contribution in [2.75, 3.05) is 26.4 Å². The summed E-state index contributed by atoms with van der Waals surface area (Å²) in [6, 6.07) is -2.92. The number of carbonyl (C=O) groups excluding carboxylic acids is 2. The number of amides is 2. The first-order valence-electron chi connectivity index (χ1n) is 36.3. The molecule has 0 aromatic rings. The van der Waals surface area contributed by atoms with E-state index in [-0.39, 0.29) is 12.8 Å². The molecule has 0 bridgehead atoms. The maximum absolute atomic E-state index is 13.7. The number of aliphatic hydroxyl groups is 14. The van der Waals surface area contributed by atoms with Crippen LogP contribution in [0, 0.1) is 0 Å². The highest BCUT2D eigenvalue weighted by atomic mass is 16.8. The zero-order chi connectivity index (χ0) is 69.0. The SMILES string of the molecule is CCCCCCCCCCCCCCCCCCCCCC(O)C(=O)NC(COC1OC(CO)C(O)C(O)C1OC1OC(COC2OC(COC3OC(C(C)O)C(O)C3O)C(O)C(O)C2NC(C)=O)C(O)C(O)C1O)C(O)C(O)CCCCCCCCCCCCCCC. The topological polar surface area (TPSA) is 415 Å². The molecule has 0 spiro atoms. The highest BCUT2D eigenvalue weighted by molar-refractivity contribution is 5.80. The van der Waals surface area contributed by atoms with E-state index >= 15 is 0 Å². The van der Waals surface area contributed by atoms with E-state index in [9.17, 15) is 81.1 Å². The number of rotatable bonds is 52. The van der Waals surface area contributed by atoms with Crippen LogP contribution in [0.25, 0.3) is 0 Å². The predicted molar refractivity (Wildman–Crippen MR) is 346 cm³/mol. The zero-order valence-corrected chi connectivity index (χ0v) is 57.1. The summed E-state index contributed by atoms with van der Waals surface area (Å²) in [5.74, 6) is -1.53. The average molecular weight is 1360 g/mol. The Labute approximate surface area is 559 Å². The third kappa shape index (κ3) is 29.7. The van der Waals surface area contributed by atoms with Gasteiger partial charge in [0.2, 0.25) is 11.8 Å². The molecule has 0 aromatic heterocycles. The van der Waals surface area contributed by atoms with Crippen molar-refractivity contribution in [3.05, 3.63) is 0 Å². The smallest absolute Gasteiger partial charge is 0.249 e. The van der Waals surface area contributed by atoms with Gasteiger partial charge in [-0.2, -0.15) is 0 Å². The van der Waals surface area contributed by atoms with Crippen molar-refractivity contribution < 1.29 is 119 Å². The van der Waals surface area contributed by atoms with Crippen LogP contribution in [0.1, 0.15) is 246 Å². The van der Waals surface area contributed by atoms with Crippen LogP contribution in [0.5, 0.6) is 0 Å². The number of aliphatic hydroxyl groups excluding tert-OH is 14. The molecule has 0 radical (unpaired) electrons. The van der Waals surface area contributed by atoms with Crippen molar-refractivity contribution in [3.8, 4) is 0 Å². The van der Waals surface area contributed by atoms with E-state index in [1.165, 1.54) is 142 Å². The van der Waals surface area contributed by atoms with Gasteiger partial charge in [0.1, 0.15) is 104 Å². The Hall–Kier alpha value is -1.94. The summed E-state index contributed by atoms with van der Waals surface area (Å²) >= 11 is 0. The quantitative estimate of drug-likeness (QED) is 0.0388. The van der Waals surface area contributed by atoms with Gasteiger partial charge < -0.3 is 120 Å².